The summed E-state index contributed by atoms with van der Waals surface area (Å²) in [6.45, 7) is 0. The van der Waals surface area contributed by atoms with Crippen molar-refractivity contribution in [3.8, 4) is 0 Å². The number of azo groups is 1. The Morgan fingerprint density at radius 1 is 1.08 bits per heavy atom. The standard InChI is InChI=1S/C15H9ClN4O4/c16-10-5-4-8(7-9(10)14(21)22)18-19-13-12(15(23)24)17-11-3-1-2-6-20(11)13/h1-7H,(H,21,22)(H,23,24). The smallest absolute Gasteiger partial charge is 0.358 e. The maximum absolute atomic E-state index is 11.3. The zero-order chi connectivity index (χ0) is 17.3. The van der Waals surface area contributed by atoms with Crippen LogP contribution < -0.4 is 0 Å². The van der Waals surface area contributed by atoms with Gasteiger partial charge in [-0.1, -0.05) is 17.7 Å². The highest BCUT2D eigenvalue weighted by Gasteiger charge is 2.18. The molecule has 1 aromatic carbocycles. The first kappa shape index (κ1) is 15.6. The molecule has 2 aromatic heterocycles. The average molecular weight is 345 g/mol. The summed E-state index contributed by atoms with van der Waals surface area (Å²) in [5.74, 6) is -2.40. The number of pyridine rings is 1. The van der Waals surface area contributed by atoms with Crippen molar-refractivity contribution < 1.29 is 19.8 Å². The molecule has 8 nitrogen and oxygen atoms in total. The minimum absolute atomic E-state index is 0.0323. The van der Waals surface area contributed by atoms with Crippen molar-refractivity contribution in [1.82, 2.24) is 9.38 Å². The summed E-state index contributed by atoms with van der Waals surface area (Å²) < 4.78 is 1.47. The summed E-state index contributed by atoms with van der Waals surface area (Å²) in [6.07, 6.45) is 1.60. The SMILES string of the molecule is O=C(O)c1cc(N=Nc2c(C(=O)O)nc3ccccn23)ccc1Cl. The highest BCUT2D eigenvalue weighted by atomic mass is 35.5. The fourth-order valence-corrected chi connectivity index (χ4v) is 2.26. The maximum Gasteiger partial charge on any atom is 0.358 e. The lowest BCUT2D eigenvalue weighted by molar-refractivity contribution is 0.0683. The zero-order valence-corrected chi connectivity index (χ0v) is 12.7. The molecule has 24 heavy (non-hydrogen) atoms. The molecule has 0 amide bonds. The first-order valence-corrected chi connectivity index (χ1v) is 7.00. The van der Waals surface area contributed by atoms with Gasteiger partial charge in [0, 0.05) is 6.20 Å². The number of imidazole rings is 1. The molecule has 3 aromatic rings. The summed E-state index contributed by atoms with van der Waals surface area (Å²) in [5, 5.41) is 26.2. The van der Waals surface area contributed by atoms with Crippen LogP contribution in [0.4, 0.5) is 11.5 Å². The van der Waals surface area contributed by atoms with Crippen LogP contribution in [0.3, 0.4) is 0 Å². The van der Waals surface area contributed by atoms with E-state index < -0.39 is 11.9 Å². The summed E-state index contributed by atoms with van der Waals surface area (Å²) in [5.41, 5.74) is 0.257. The minimum atomic E-state index is -1.24. The third kappa shape index (κ3) is 2.82. The molecule has 120 valence electrons. The Balaban J connectivity index is 2.08. The van der Waals surface area contributed by atoms with E-state index in [1.165, 1.54) is 22.6 Å². The molecule has 2 heterocycles. The number of rotatable bonds is 4. The second-order valence-corrected chi connectivity index (χ2v) is 5.09. The van der Waals surface area contributed by atoms with Crippen molar-refractivity contribution >= 4 is 40.7 Å². The number of hydrogen-bond donors (Lipinski definition) is 2. The van der Waals surface area contributed by atoms with Crippen LogP contribution in [0.15, 0.2) is 52.8 Å². The van der Waals surface area contributed by atoms with Crippen molar-refractivity contribution in [1.29, 1.82) is 0 Å². The zero-order valence-electron chi connectivity index (χ0n) is 11.9. The second kappa shape index (κ2) is 6.09. The Kier molecular flexibility index (Phi) is 3.97. The van der Waals surface area contributed by atoms with Gasteiger partial charge in [-0.3, -0.25) is 4.40 Å². The summed E-state index contributed by atoms with van der Waals surface area (Å²) >= 11 is 5.79. The van der Waals surface area contributed by atoms with E-state index in [0.29, 0.717) is 5.65 Å². The lowest BCUT2D eigenvalue weighted by Crippen LogP contribution is -1.97. The van der Waals surface area contributed by atoms with Crippen LogP contribution in [-0.2, 0) is 0 Å². The number of aromatic nitrogens is 2. The van der Waals surface area contributed by atoms with Crippen molar-refractivity contribution in [2.24, 2.45) is 10.2 Å². The summed E-state index contributed by atoms with van der Waals surface area (Å²) in [4.78, 5) is 26.4. The van der Waals surface area contributed by atoms with Gasteiger partial charge in [-0.2, -0.15) is 0 Å². The lowest BCUT2D eigenvalue weighted by Gasteiger charge is -2.00. The monoisotopic (exact) mass is 344 g/mol. The quantitative estimate of drug-likeness (QED) is 0.698. The number of carboxylic acid groups (broad SMARTS) is 2. The summed E-state index contributed by atoms with van der Waals surface area (Å²) in [7, 11) is 0. The number of halogens is 1. The fraction of sp³-hybridized carbons (Fsp3) is 0. The Morgan fingerprint density at radius 3 is 2.58 bits per heavy atom. The van der Waals surface area contributed by atoms with E-state index in [1.807, 2.05) is 0 Å². The fourth-order valence-electron chi connectivity index (χ4n) is 2.07. The molecule has 0 bridgehead atoms. The molecule has 0 fully saturated rings. The highest BCUT2D eigenvalue weighted by molar-refractivity contribution is 6.33. The van der Waals surface area contributed by atoms with Gasteiger partial charge in [0.25, 0.3) is 0 Å². The number of nitrogens with zero attached hydrogens (tertiary/aromatic N) is 4. The molecular weight excluding hydrogens is 336 g/mol. The van der Waals surface area contributed by atoms with Crippen molar-refractivity contribution in [3.63, 3.8) is 0 Å². The lowest BCUT2D eigenvalue weighted by atomic mass is 10.2. The van der Waals surface area contributed by atoms with Gasteiger partial charge >= 0.3 is 11.9 Å². The first-order chi connectivity index (χ1) is 11.5. The third-order valence-corrected chi connectivity index (χ3v) is 3.48. The molecule has 0 atom stereocenters. The number of carbonyl (C=O) groups is 2. The largest absolute Gasteiger partial charge is 0.478 e. The van der Waals surface area contributed by atoms with E-state index in [-0.39, 0.29) is 27.8 Å². The van der Waals surface area contributed by atoms with Crippen LogP contribution in [0.25, 0.3) is 5.65 Å². The predicted octanol–water partition coefficient (Wildman–Crippen LogP) is 3.80. The van der Waals surface area contributed by atoms with E-state index in [1.54, 1.807) is 24.4 Å². The van der Waals surface area contributed by atoms with E-state index in [2.05, 4.69) is 15.2 Å². The van der Waals surface area contributed by atoms with Gasteiger partial charge in [-0.05, 0) is 30.3 Å². The number of fused-ring (bicyclic) bond motifs is 1. The van der Waals surface area contributed by atoms with Gasteiger partial charge in [-0.15, -0.1) is 10.2 Å². The van der Waals surface area contributed by atoms with Gasteiger partial charge in [0.15, 0.2) is 11.5 Å². The Labute approximate surface area is 139 Å². The van der Waals surface area contributed by atoms with Gasteiger partial charge in [0.1, 0.15) is 5.65 Å². The molecule has 0 unspecified atom stereocenters. The Morgan fingerprint density at radius 2 is 1.88 bits per heavy atom. The number of hydrogen-bond acceptors (Lipinski definition) is 5. The van der Waals surface area contributed by atoms with Gasteiger partial charge < -0.3 is 10.2 Å². The van der Waals surface area contributed by atoms with Crippen LogP contribution >= 0.6 is 11.6 Å². The molecule has 0 aliphatic carbocycles. The molecule has 0 saturated carbocycles. The van der Waals surface area contributed by atoms with Crippen LogP contribution in [0.1, 0.15) is 20.8 Å². The van der Waals surface area contributed by atoms with Crippen LogP contribution in [0.2, 0.25) is 5.02 Å². The van der Waals surface area contributed by atoms with Crippen LogP contribution in [0.5, 0.6) is 0 Å². The molecule has 0 spiro atoms. The van der Waals surface area contributed by atoms with Crippen molar-refractivity contribution in [2.45, 2.75) is 0 Å². The Hall–Kier alpha value is -3.26. The molecule has 0 radical (unpaired) electrons. The van der Waals surface area contributed by atoms with Crippen molar-refractivity contribution in [3.05, 3.63) is 58.9 Å². The van der Waals surface area contributed by atoms with E-state index in [9.17, 15) is 14.7 Å². The molecule has 3 rings (SSSR count). The number of aromatic carboxylic acids is 2. The topological polar surface area (TPSA) is 117 Å². The molecule has 9 heteroatoms. The number of benzene rings is 1. The molecule has 0 saturated heterocycles. The van der Waals surface area contributed by atoms with E-state index in [0.717, 1.165) is 0 Å². The first-order valence-electron chi connectivity index (χ1n) is 6.62. The number of carboxylic acids is 2. The molecule has 0 aliphatic rings. The van der Waals surface area contributed by atoms with E-state index >= 15 is 0 Å². The molecule has 0 aliphatic heterocycles. The van der Waals surface area contributed by atoms with Gasteiger partial charge in [0.2, 0.25) is 0 Å². The Bertz CT molecular complexity index is 996. The predicted molar refractivity (Wildman–Crippen MR) is 84.7 cm³/mol. The minimum Gasteiger partial charge on any atom is -0.478 e. The molecular formula is C15H9ClN4O4. The van der Waals surface area contributed by atoms with E-state index in [4.69, 9.17) is 16.7 Å². The van der Waals surface area contributed by atoms with Gasteiger partial charge in [-0.25, -0.2) is 14.6 Å². The van der Waals surface area contributed by atoms with Crippen LogP contribution in [0, 0.1) is 0 Å². The second-order valence-electron chi connectivity index (χ2n) is 4.69. The highest BCUT2D eigenvalue weighted by Crippen LogP contribution is 2.26. The van der Waals surface area contributed by atoms with Gasteiger partial charge in [0.05, 0.1) is 16.3 Å². The third-order valence-electron chi connectivity index (χ3n) is 3.15. The maximum atomic E-state index is 11.3. The van der Waals surface area contributed by atoms with Crippen LogP contribution in [-0.4, -0.2) is 31.5 Å². The normalized spacial score (nSPS) is 11.2. The average Bonchev–Trinajstić information content (AvgIpc) is 2.93. The summed E-state index contributed by atoms with van der Waals surface area (Å²) in [6, 6.07) is 9.15. The van der Waals surface area contributed by atoms with Crippen molar-refractivity contribution in [2.75, 3.05) is 0 Å². The molecule has 2 N–H and O–H groups in total.